The Morgan fingerprint density at radius 3 is 2.64 bits per heavy atom. The van der Waals surface area contributed by atoms with Crippen molar-refractivity contribution in [1.82, 2.24) is 4.90 Å². The summed E-state index contributed by atoms with van der Waals surface area (Å²) in [5.41, 5.74) is 2.33. The number of benzene rings is 2. The predicted octanol–water partition coefficient (Wildman–Crippen LogP) is 3.18. The number of phenolic OH excluding ortho intramolecular Hbond substituents is 1. The van der Waals surface area contributed by atoms with E-state index < -0.39 is 12.1 Å². The average Bonchev–Trinajstić information content (AvgIpc) is 2.60. The van der Waals surface area contributed by atoms with Crippen LogP contribution in [0.15, 0.2) is 42.5 Å². The van der Waals surface area contributed by atoms with E-state index >= 15 is 0 Å². The number of rotatable bonds is 3. The van der Waals surface area contributed by atoms with Gasteiger partial charge in [-0.3, -0.25) is 4.79 Å². The van der Waals surface area contributed by atoms with Crippen molar-refractivity contribution >= 4 is 23.5 Å². The van der Waals surface area contributed by atoms with Crippen LogP contribution in [0.5, 0.6) is 5.75 Å². The number of hydrogen-bond acceptors (Lipinski definition) is 4. The molecule has 1 N–H and O–H groups in total. The van der Waals surface area contributed by atoms with Gasteiger partial charge in [-0.15, -0.1) is 0 Å². The quantitative estimate of drug-likeness (QED) is 0.855. The fraction of sp³-hybridized carbons (Fsp3) is 0.263. The van der Waals surface area contributed by atoms with Crippen LogP contribution in [-0.4, -0.2) is 34.5 Å². The molecule has 6 heteroatoms. The van der Waals surface area contributed by atoms with Gasteiger partial charge in [0.15, 0.2) is 6.10 Å². The lowest BCUT2D eigenvalue weighted by Crippen LogP contribution is -2.42. The van der Waals surface area contributed by atoms with E-state index in [2.05, 4.69) is 6.07 Å². The van der Waals surface area contributed by atoms with Crippen molar-refractivity contribution in [3.63, 3.8) is 0 Å². The minimum atomic E-state index is -0.937. The van der Waals surface area contributed by atoms with Gasteiger partial charge in [0.2, 0.25) is 0 Å². The van der Waals surface area contributed by atoms with Crippen LogP contribution >= 0.6 is 11.6 Å². The smallest absolute Gasteiger partial charge is 0.342 e. The molecular weight excluding hydrogens is 342 g/mol. The van der Waals surface area contributed by atoms with Crippen molar-refractivity contribution in [2.45, 2.75) is 26.0 Å². The van der Waals surface area contributed by atoms with E-state index in [1.807, 2.05) is 18.2 Å². The normalized spacial score (nSPS) is 14.6. The molecule has 0 bridgehead atoms. The van der Waals surface area contributed by atoms with Crippen molar-refractivity contribution in [3.8, 4) is 5.75 Å². The standard InChI is InChI=1S/C19H18ClNO4/c1-12(25-19(24)16-7-6-15(20)10-17(16)22)18(23)21-9-8-13-4-2-3-5-14(13)11-21/h2-7,10,12,22H,8-9,11H2,1H3/t12-/m1/s1. The number of esters is 1. The van der Waals surface area contributed by atoms with Crippen LogP contribution in [0.3, 0.4) is 0 Å². The van der Waals surface area contributed by atoms with Gasteiger partial charge in [0.05, 0.1) is 0 Å². The van der Waals surface area contributed by atoms with Crippen LogP contribution in [0.4, 0.5) is 0 Å². The minimum absolute atomic E-state index is 0.0203. The Kier molecular flexibility index (Phi) is 4.95. The van der Waals surface area contributed by atoms with E-state index in [0.29, 0.717) is 18.1 Å². The number of aromatic hydroxyl groups is 1. The second-order valence-electron chi connectivity index (χ2n) is 5.99. The molecular formula is C19H18ClNO4. The monoisotopic (exact) mass is 359 g/mol. The van der Waals surface area contributed by atoms with Crippen LogP contribution in [0.2, 0.25) is 5.02 Å². The molecule has 130 valence electrons. The lowest BCUT2D eigenvalue weighted by atomic mass is 9.99. The number of nitrogens with zero attached hydrogens (tertiary/aromatic N) is 1. The van der Waals surface area contributed by atoms with E-state index in [-0.39, 0.29) is 17.2 Å². The summed E-state index contributed by atoms with van der Waals surface area (Å²) in [6.07, 6.45) is -0.159. The highest BCUT2D eigenvalue weighted by Crippen LogP contribution is 2.24. The summed E-state index contributed by atoms with van der Waals surface area (Å²) >= 11 is 5.75. The molecule has 2 aromatic carbocycles. The molecule has 0 saturated heterocycles. The molecule has 0 unspecified atom stereocenters. The molecule has 0 spiro atoms. The first-order chi connectivity index (χ1) is 12.0. The van der Waals surface area contributed by atoms with Gasteiger partial charge in [-0.05, 0) is 42.7 Å². The minimum Gasteiger partial charge on any atom is -0.507 e. The lowest BCUT2D eigenvalue weighted by Gasteiger charge is -2.30. The Bertz CT molecular complexity index is 821. The Morgan fingerprint density at radius 1 is 1.20 bits per heavy atom. The maximum Gasteiger partial charge on any atom is 0.342 e. The second kappa shape index (κ2) is 7.15. The highest BCUT2D eigenvalue weighted by Gasteiger charge is 2.27. The second-order valence-corrected chi connectivity index (χ2v) is 6.42. The fourth-order valence-corrected chi connectivity index (χ4v) is 3.06. The van der Waals surface area contributed by atoms with Gasteiger partial charge in [-0.25, -0.2) is 4.79 Å². The summed E-state index contributed by atoms with van der Waals surface area (Å²) in [5.74, 6) is -1.28. The molecule has 0 aliphatic carbocycles. The number of phenols is 1. The summed E-state index contributed by atoms with van der Waals surface area (Å²) in [7, 11) is 0. The molecule has 25 heavy (non-hydrogen) atoms. The number of carbonyl (C=O) groups is 2. The number of hydrogen-bond donors (Lipinski definition) is 1. The zero-order chi connectivity index (χ0) is 18.0. The molecule has 2 aromatic rings. The summed E-state index contributed by atoms with van der Waals surface area (Å²) < 4.78 is 5.23. The number of halogens is 1. The maximum absolute atomic E-state index is 12.6. The third kappa shape index (κ3) is 3.77. The Morgan fingerprint density at radius 2 is 1.92 bits per heavy atom. The highest BCUT2D eigenvalue weighted by atomic mass is 35.5. The van der Waals surface area contributed by atoms with E-state index in [1.165, 1.54) is 30.7 Å². The van der Waals surface area contributed by atoms with Gasteiger partial charge in [-0.2, -0.15) is 0 Å². The van der Waals surface area contributed by atoms with Gasteiger partial charge >= 0.3 is 5.97 Å². The summed E-state index contributed by atoms with van der Waals surface area (Å²) in [5, 5.41) is 10.1. The first-order valence-electron chi connectivity index (χ1n) is 8.01. The molecule has 1 heterocycles. The molecule has 1 aliphatic heterocycles. The topological polar surface area (TPSA) is 66.8 Å². The first-order valence-corrected chi connectivity index (χ1v) is 8.38. The Labute approximate surface area is 150 Å². The fourth-order valence-electron chi connectivity index (χ4n) is 2.89. The molecule has 0 fully saturated rings. The van der Waals surface area contributed by atoms with Gasteiger partial charge in [0.1, 0.15) is 11.3 Å². The van der Waals surface area contributed by atoms with Crippen LogP contribution < -0.4 is 0 Å². The number of amides is 1. The largest absolute Gasteiger partial charge is 0.507 e. The summed E-state index contributed by atoms with van der Waals surface area (Å²) in [6.45, 7) is 2.63. The van der Waals surface area contributed by atoms with Gasteiger partial charge in [0.25, 0.3) is 5.91 Å². The summed E-state index contributed by atoms with van der Waals surface area (Å²) in [4.78, 5) is 26.4. The molecule has 1 amide bonds. The zero-order valence-electron chi connectivity index (χ0n) is 13.7. The van der Waals surface area contributed by atoms with E-state index in [0.717, 1.165) is 12.0 Å². The molecule has 0 radical (unpaired) electrons. The number of ether oxygens (including phenoxy) is 1. The van der Waals surface area contributed by atoms with E-state index in [4.69, 9.17) is 16.3 Å². The SMILES string of the molecule is C[C@@H](OC(=O)c1ccc(Cl)cc1O)C(=O)N1CCc2ccccc2C1. The van der Waals surface area contributed by atoms with Crippen LogP contribution in [0.25, 0.3) is 0 Å². The van der Waals surface area contributed by atoms with Crippen molar-refractivity contribution in [1.29, 1.82) is 0 Å². The zero-order valence-corrected chi connectivity index (χ0v) is 14.5. The third-order valence-electron chi connectivity index (χ3n) is 4.25. The van der Waals surface area contributed by atoms with E-state index in [1.54, 1.807) is 4.90 Å². The molecule has 0 saturated carbocycles. The van der Waals surface area contributed by atoms with Crippen LogP contribution in [-0.2, 0) is 22.5 Å². The first kappa shape index (κ1) is 17.3. The van der Waals surface area contributed by atoms with Gasteiger partial charge < -0.3 is 14.7 Å². The van der Waals surface area contributed by atoms with Crippen LogP contribution in [0.1, 0.15) is 28.4 Å². The van der Waals surface area contributed by atoms with Gasteiger partial charge in [0, 0.05) is 18.1 Å². The molecule has 3 rings (SSSR count). The predicted molar refractivity (Wildman–Crippen MR) is 93.6 cm³/mol. The third-order valence-corrected chi connectivity index (χ3v) is 4.49. The molecule has 5 nitrogen and oxygen atoms in total. The molecule has 1 atom stereocenters. The Hall–Kier alpha value is -2.53. The molecule has 0 aromatic heterocycles. The lowest BCUT2D eigenvalue weighted by molar-refractivity contribution is -0.140. The van der Waals surface area contributed by atoms with Crippen molar-refractivity contribution in [2.75, 3.05) is 6.54 Å². The van der Waals surface area contributed by atoms with Crippen molar-refractivity contribution in [2.24, 2.45) is 0 Å². The summed E-state index contributed by atoms with van der Waals surface area (Å²) in [6, 6.07) is 12.1. The maximum atomic E-state index is 12.6. The van der Waals surface area contributed by atoms with Crippen molar-refractivity contribution < 1.29 is 19.4 Å². The average molecular weight is 360 g/mol. The van der Waals surface area contributed by atoms with Crippen molar-refractivity contribution in [3.05, 3.63) is 64.2 Å². The number of fused-ring (bicyclic) bond motifs is 1. The highest BCUT2D eigenvalue weighted by molar-refractivity contribution is 6.30. The number of carbonyl (C=O) groups excluding carboxylic acids is 2. The Balaban J connectivity index is 1.66. The molecule has 1 aliphatic rings. The van der Waals surface area contributed by atoms with Crippen LogP contribution in [0, 0.1) is 0 Å². The van der Waals surface area contributed by atoms with E-state index in [9.17, 15) is 14.7 Å². The van der Waals surface area contributed by atoms with Gasteiger partial charge in [-0.1, -0.05) is 35.9 Å².